The Morgan fingerprint density at radius 1 is 1.32 bits per heavy atom. The SMILES string of the molecule is CC(CCNC(=O)CCc1ccc(F)cc1)C(=O)O. The third-order valence-electron chi connectivity index (χ3n) is 2.88. The van der Waals surface area contributed by atoms with Gasteiger partial charge in [0.25, 0.3) is 0 Å². The molecule has 0 aliphatic heterocycles. The maximum absolute atomic E-state index is 12.7. The highest BCUT2D eigenvalue weighted by Gasteiger charge is 2.10. The molecule has 5 heteroatoms. The van der Waals surface area contributed by atoms with Gasteiger partial charge in [-0.1, -0.05) is 19.1 Å². The standard InChI is InChI=1S/C14H18FNO3/c1-10(14(18)19)8-9-16-13(17)7-4-11-2-5-12(15)6-3-11/h2-3,5-6,10H,4,7-9H2,1H3,(H,16,17)(H,18,19). The third-order valence-corrected chi connectivity index (χ3v) is 2.88. The van der Waals surface area contributed by atoms with Crippen molar-refractivity contribution in [2.45, 2.75) is 26.2 Å². The van der Waals surface area contributed by atoms with Crippen LogP contribution in [0.1, 0.15) is 25.3 Å². The van der Waals surface area contributed by atoms with Crippen LogP contribution < -0.4 is 5.32 Å². The Kier molecular flexibility index (Phi) is 5.99. The lowest BCUT2D eigenvalue weighted by Crippen LogP contribution is -2.27. The van der Waals surface area contributed by atoms with Gasteiger partial charge in [-0.3, -0.25) is 9.59 Å². The molecule has 1 aromatic carbocycles. The molecular weight excluding hydrogens is 249 g/mol. The molecule has 0 aromatic heterocycles. The number of carboxylic acids is 1. The van der Waals surface area contributed by atoms with E-state index < -0.39 is 11.9 Å². The van der Waals surface area contributed by atoms with Crippen LogP contribution >= 0.6 is 0 Å². The lowest BCUT2D eigenvalue weighted by atomic mass is 10.1. The molecule has 4 nitrogen and oxygen atoms in total. The number of benzene rings is 1. The van der Waals surface area contributed by atoms with Crippen molar-refractivity contribution < 1.29 is 19.1 Å². The third kappa shape index (κ3) is 5.99. The number of nitrogens with one attached hydrogen (secondary N) is 1. The van der Waals surface area contributed by atoms with Crippen LogP contribution in [-0.2, 0) is 16.0 Å². The number of hydrogen-bond acceptors (Lipinski definition) is 2. The van der Waals surface area contributed by atoms with E-state index in [0.717, 1.165) is 5.56 Å². The van der Waals surface area contributed by atoms with E-state index in [1.807, 2.05) is 0 Å². The molecule has 0 radical (unpaired) electrons. The van der Waals surface area contributed by atoms with Crippen molar-refractivity contribution in [3.05, 3.63) is 35.6 Å². The Labute approximate surface area is 111 Å². The maximum atomic E-state index is 12.7. The summed E-state index contributed by atoms with van der Waals surface area (Å²) in [5.41, 5.74) is 0.899. The topological polar surface area (TPSA) is 66.4 Å². The van der Waals surface area contributed by atoms with Crippen LogP contribution in [0.5, 0.6) is 0 Å². The van der Waals surface area contributed by atoms with E-state index in [1.165, 1.54) is 12.1 Å². The summed E-state index contributed by atoms with van der Waals surface area (Å²) in [5.74, 6) is -1.74. The number of rotatable bonds is 7. The largest absolute Gasteiger partial charge is 0.481 e. The molecule has 1 rings (SSSR count). The molecule has 1 atom stereocenters. The zero-order valence-electron chi connectivity index (χ0n) is 10.9. The second-order valence-electron chi connectivity index (χ2n) is 4.50. The van der Waals surface area contributed by atoms with Crippen LogP contribution in [0, 0.1) is 11.7 Å². The minimum atomic E-state index is -0.861. The molecule has 2 N–H and O–H groups in total. The molecule has 0 aliphatic rings. The van der Waals surface area contributed by atoms with Gasteiger partial charge in [0.05, 0.1) is 5.92 Å². The minimum absolute atomic E-state index is 0.123. The average Bonchev–Trinajstić information content (AvgIpc) is 2.37. The fourth-order valence-electron chi connectivity index (χ4n) is 1.55. The average molecular weight is 267 g/mol. The van der Waals surface area contributed by atoms with E-state index in [1.54, 1.807) is 19.1 Å². The van der Waals surface area contributed by atoms with Gasteiger partial charge in [-0.2, -0.15) is 0 Å². The van der Waals surface area contributed by atoms with Crippen molar-refractivity contribution in [1.29, 1.82) is 0 Å². The maximum Gasteiger partial charge on any atom is 0.306 e. The molecule has 0 saturated carbocycles. The van der Waals surface area contributed by atoms with Crippen molar-refractivity contribution >= 4 is 11.9 Å². The summed E-state index contributed by atoms with van der Waals surface area (Å²) >= 11 is 0. The lowest BCUT2D eigenvalue weighted by Gasteiger charge is -2.08. The van der Waals surface area contributed by atoms with E-state index in [2.05, 4.69) is 5.32 Å². The highest BCUT2D eigenvalue weighted by Crippen LogP contribution is 2.05. The second kappa shape index (κ2) is 7.51. The monoisotopic (exact) mass is 267 g/mol. The molecule has 19 heavy (non-hydrogen) atoms. The van der Waals surface area contributed by atoms with Gasteiger partial charge in [0, 0.05) is 13.0 Å². The van der Waals surface area contributed by atoms with E-state index in [0.29, 0.717) is 25.8 Å². The molecule has 104 valence electrons. The van der Waals surface area contributed by atoms with Gasteiger partial charge in [0.2, 0.25) is 5.91 Å². The minimum Gasteiger partial charge on any atom is -0.481 e. The fraction of sp³-hybridized carbons (Fsp3) is 0.429. The number of amides is 1. The molecule has 1 aromatic rings. The zero-order valence-corrected chi connectivity index (χ0v) is 10.9. The van der Waals surface area contributed by atoms with Gasteiger partial charge in [0.1, 0.15) is 5.82 Å². The van der Waals surface area contributed by atoms with Gasteiger partial charge < -0.3 is 10.4 Å². The van der Waals surface area contributed by atoms with Gasteiger partial charge in [0.15, 0.2) is 0 Å². The number of halogens is 1. The molecule has 0 fully saturated rings. The highest BCUT2D eigenvalue weighted by atomic mass is 19.1. The number of aliphatic carboxylic acids is 1. The van der Waals surface area contributed by atoms with E-state index in [-0.39, 0.29) is 11.7 Å². The van der Waals surface area contributed by atoms with Crippen LogP contribution in [0.25, 0.3) is 0 Å². The Bertz CT molecular complexity index is 431. The molecule has 1 unspecified atom stereocenters. The predicted octanol–water partition coefficient (Wildman–Crippen LogP) is 1.99. The number of carbonyl (C=O) groups excluding carboxylic acids is 1. The number of hydrogen-bond donors (Lipinski definition) is 2. The molecule has 0 aliphatic carbocycles. The number of carboxylic acid groups (broad SMARTS) is 1. The Morgan fingerprint density at radius 2 is 1.95 bits per heavy atom. The van der Waals surface area contributed by atoms with Crippen molar-refractivity contribution in [1.82, 2.24) is 5.32 Å². The lowest BCUT2D eigenvalue weighted by molar-refractivity contribution is -0.141. The summed E-state index contributed by atoms with van der Waals surface area (Å²) in [6, 6.07) is 6.02. The number of aryl methyl sites for hydroxylation is 1. The quantitative estimate of drug-likeness (QED) is 0.794. The smallest absolute Gasteiger partial charge is 0.306 e. The molecule has 0 bridgehead atoms. The molecular formula is C14H18FNO3. The van der Waals surface area contributed by atoms with Gasteiger partial charge in [-0.15, -0.1) is 0 Å². The van der Waals surface area contributed by atoms with Crippen LogP contribution in [0.4, 0.5) is 4.39 Å². The molecule has 1 amide bonds. The normalized spacial score (nSPS) is 11.9. The Balaban J connectivity index is 2.21. The van der Waals surface area contributed by atoms with Gasteiger partial charge in [-0.05, 0) is 30.5 Å². The molecule has 0 heterocycles. The Morgan fingerprint density at radius 3 is 2.53 bits per heavy atom. The fourth-order valence-corrected chi connectivity index (χ4v) is 1.55. The van der Waals surface area contributed by atoms with Crippen LogP contribution in [0.2, 0.25) is 0 Å². The Hall–Kier alpha value is -1.91. The van der Waals surface area contributed by atoms with Crippen LogP contribution in [0.15, 0.2) is 24.3 Å². The van der Waals surface area contributed by atoms with Gasteiger partial charge in [-0.25, -0.2) is 4.39 Å². The van der Waals surface area contributed by atoms with Crippen molar-refractivity contribution in [3.8, 4) is 0 Å². The predicted molar refractivity (Wildman–Crippen MR) is 69.1 cm³/mol. The van der Waals surface area contributed by atoms with Gasteiger partial charge >= 0.3 is 5.97 Å². The van der Waals surface area contributed by atoms with Crippen LogP contribution in [0.3, 0.4) is 0 Å². The van der Waals surface area contributed by atoms with Crippen molar-refractivity contribution in [3.63, 3.8) is 0 Å². The van der Waals surface area contributed by atoms with Crippen molar-refractivity contribution in [2.24, 2.45) is 5.92 Å². The first-order chi connectivity index (χ1) is 8.99. The second-order valence-corrected chi connectivity index (χ2v) is 4.50. The summed E-state index contributed by atoms with van der Waals surface area (Å²) in [4.78, 5) is 22.1. The summed E-state index contributed by atoms with van der Waals surface area (Å²) < 4.78 is 12.7. The highest BCUT2D eigenvalue weighted by molar-refractivity contribution is 5.76. The first-order valence-electron chi connectivity index (χ1n) is 6.23. The summed E-state index contributed by atoms with van der Waals surface area (Å²) in [6.07, 6.45) is 1.27. The van der Waals surface area contributed by atoms with Crippen molar-refractivity contribution in [2.75, 3.05) is 6.54 Å². The number of carbonyl (C=O) groups is 2. The first-order valence-corrected chi connectivity index (χ1v) is 6.23. The van der Waals surface area contributed by atoms with E-state index >= 15 is 0 Å². The summed E-state index contributed by atoms with van der Waals surface area (Å²) in [7, 11) is 0. The van der Waals surface area contributed by atoms with E-state index in [4.69, 9.17) is 5.11 Å². The van der Waals surface area contributed by atoms with E-state index in [9.17, 15) is 14.0 Å². The summed E-state index contributed by atoms with van der Waals surface area (Å²) in [6.45, 7) is 1.96. The van der Waals surface area contributed by atoms with Crippen LogP contribution in [-0.4, -0.2) is 23.5 Å². The zero-order chi connectivity index (χ0) is 14.3. The molecule has 0 saturated heterocycles. The first kappa shape index (κ1) is 15.1. The summed E-state index contributed by atoms with van der Waals surface area (Å²) in [5, 5.41) is 11.4. The molecule has 0 spiro atoms.